The zero-order chi connectivity index (χ0) is 37.8. The molecule has 0 amide bonds. The third kappa shape index (κ3) is 5.11. The Hall–Kier alpha value is -7.42. The fourth-order valence-electron chi connectivity index (χ4n) is 9.48. The quantitative estimate of drug-likeness (QED) is 0.159. The van der Waals surface area contributed by atoms with Gasteiger partial charge in [-0.2, -0.15) is 0 Å². The molecule has 0 saturated carbocycles. The molecule has 0 fully saturated rings. The molecule has 1 aliphatic rings. The van der Waals surface area contributed by atoms with Gasteiger partial charge in [0.1, 0.15) is 0 Å². The van der Waals surface area contributed by atoms with Crippen molar-refractivity contribution in [2.45, 2.75) is 5.41 Å². The summed E-state index contributed by atoms with van der Waals surface area (Å²) in [5.41, 5.74) is 16.5. The molecule has 57 heavy (non-hydrogen) atoms. The van der Waals surface area contributed by atoms with Crippen LogP contribution in [0.15, 0.2) is 231 Å². The normalized spacial score (nSPS) is 14.4. The molecule has 0 bridgehead atoms. The largest absolute Gasteiger partial charge is 0.310 e. The summed E-state index contributed by atoms with van der Waals surface area (Å²) in [6, 6.07) is 84.1. The van der Waals surface area contributed by atoms with Crippen molar-refractivity contribution in [3.8, 4) is 27.9 Å². The lowest BCUT2D eigenvalue weighted by atomic mass is 9.67. The fraction of sp³-hybridized carbons (Fsp3) is 0.0182. The molecule has 2 nitrogen and oxygen atoms in total. The fourth-order valence-corrected chi connectivity index (χ4v) is 9.48. The van der Waals surface area contributed by atoms with Crippen LogP contribution in [0.2, 0.25) is 0 Å². The second-order valence-electron chi connectivity index (χ2n) is 14.9. The van der Waals surface area contributed by atoms with E-state index >= 15 is 0 Å². The van der Waals surface area contributed by atoms with Gasteiger partial charge in [0, 0.05) is 27.8 Å². The number of hydrogen-bond donors (Lipinski definition) is 0. The Bertz CT molecular complexity index is 3000. The van der Waals surface area contributed by atoms with Crippen molar-refractivity contribution in [1.29, 1.82) is 0 Å². The van der Waals surface area contributed by atoms with E-state index in [4.69, 9.17) is 0 Å². The van der Waals surface area contributed by atoms with E-state index in [1.165, 1.54) is 66.3 Å². The molecule has 0 aliphatic heterocycles. The Morgan fingerprint density at radius 2 is 0.912 bits per heavy atom. The lowest BCUT2D eigenvalue weighted by molar-refractivity contribution is 0.768. The van der Waals surface area contributed by atoms with Crippen molar-refractivity contribution in [2.24, 2.45) is 0 Å². The van der Waals surface area contributed by atoms with Crippen LogP contribution in [0, 0.1) is 0 Å². The maximum absolute atomic E-state index is 2.46. The van der Waals surface area contributed by atoms with Gasteiger partial charge in [-0.15, -0.1) is 0 Å². The number of hydrogen-bond acceptors (Lipinski definition) is 1. The van der Waals surface area contributed by atoms with Crippen molar-refractivity contribution in [3.05, 3.63) is 253 Å². The van der Waals surface area contributed by atoms with Crippen LogP contribution in [-0.2, 0) is 5.41 Å². The molecule has 11 rings (SSSR count). The number of anilines is 3. The highest BCUT2D eigenvalue weighted by Crippen LogP contribution is 2.57. The molecule has 1 unspecified atom stereocenters. The van der Waals surface area contributed by atoms with Crippen LogP contribution in [0.4, 0.5) is 17.1 Å². The maximum atomic E-state index is 2.46. The van der Waals surface area contributed by atoms with Gasteiger partial charge in [-0.25, -0.2) is 0 Å². The van der Waals surface area contributed by atoms with Gasteiger partial charge >= 0.3 is 0 Å². The van der Waals surface area contributed by atoms with Crippen LogP contribution in [0.25, 0.3) is 49.7 Å². The summed E-state index contributed by atoms with van der Waals surface area (Å²) < 4.78 is 2.46. The predicted octanol–water partition coefficient (Wildman–Crippen LogP) is 14.3. The maximum Gasteiger partial charge on any atom is 0.0713 e. The van der Waals surface area contributed by atoms with E-state index in [1.807, 2.05) is 0 Å². The average molecular weight is 727 g/mol. The van der Waals surface area contributed by atoms with Crippen LogP contribution < -0.4 is 4.90 Å². The third-order valence-corrected chi connectivity index (χ3v) is 11.9. The summed E-state index contributed by atoms with van der Waals surface area (Å²) >= 11 is 0. The zero-order valence-electron chi connectivity index (χ0n) is 31.3. The molecule has 1 aromatic heterocycles. The topological polar surface area (TPSA) is 8.17 Å². The molecule has 0 N–H and O–H groups in total. The summed E-state index contributed by atoms with van der Waals surface area (Å²) in [6.07, 6.45) is 0. The van der Waals surface area contributed by atoms with Gasteiger partial charge < -0.3 is 9.47 Å². The first kappa shape index (κ1) is 33.0. The van der Waals surface area contributed by atoms with E-state index in [1.54, 1.807) is 0 Å². The van der Waals surface area contributed by atoms with Gasteiger partial charge in [0.05, 0.1) is 22.1 Å². The Morgan fingerprint density at radius 1 is 0.368 bits per heavy atom. The number of fused-ring (bicyclic) bond motifs is 6. The summed E-state index contributed by atoms with van der Waals surface area (Å²) in [4.78, 5) is 2.38. The number of para-hydroxylation sites is 3. The van der Waals surface area contributed by atoms with E-state index in [0.29, 0.717) is 0 Å². The molecule has 0 radical (unpaired) electrons. The van der Waals surface area contributed by atoms with Crippen molar-refractivity contribution in [3.63, 3.8) is 0 Å². The molecule has 10 aromatic rings. The minimum atomic E-state index is -0.485. The van der Waals surface area contributed by atoms with E-state index < -0.39 is 5.41 Å². The first-order valence-corrected chi connectivity index (χ1v) is 19.7. The third-order valence-electron chi connectivity index (χ3n) is 11.9. The summed E-state index contributed by atoms with van der Waals surface area (Å²) in [7, 11) is 0. The van der Waals surface area contributed by atoms with Gasteiger partial charge in [0.15, 0.2) is 0 Å². The van der Waals surface area contributed by atoms with Crippen molar-refractivity contribution < 1.29 is 0 Å². The standard InChI is InChI=1S/C55H38N2/c1-5-18-39(19-6-1)40-32-34-42(35-33-40)55(41-20-7-2-8-21-41)49-28-15-13-26-46(49)48-38-45(36-37-50(48)55)57-51-29-16-14-27-47(51)54-52(30-17-31-53(54)57)56(43-22-9-3-10-23-43)44-24-11-4-12-25-44/h1-38H. The Morgan fingerprint density at radius 3 is 1.63 bits per heavy atom. The SMILES string of the molecule is c1ccc(-c2ccc(C3(c4ccccc4)c4ccccc4-c4cc(-n5c6ccccc6c6c(N(c7ccccc7)c7ccccc7)cccc65)ccc43)cc2)cc1. The van der Waals surface area contributed by atoms with Crippen LogP contribution >= 0.6 is 0 Å². The number of aromatic nitrogens is 1. The van der Waals surface area contributed by atoms with Crippen LogP contribution in [-0.4, -0.2) is 4.57 Å². The van der Waals surface area contributed by atoms with Crippen molar-refractivity contribution in [1.82, 2.24) is 4.57 Å². The number of benzene rings is 9. The first-order chi connectivity index (χ1) is 28.3. The average Bonchev–Trinajstić information content (AvgIpc) is 3.79. The van der Waals surface area contributed by atoms with Gasteiger partial charge in [-0.05, 0) is 99.1 Å². The highest BCUT2D eigenvalue weighted by molar-refractivity contribution is 6.16. The van der Waals surface area contributed by atoms with Crippen molar-refractivity contribution in [2.75, 3.05) is 4.90 Å². The molecular weight excluding hydrogens is 689 g/mol. The molecule has 1 heterocycles. The van der Waals surface area contributed by atoms with Crippen molar-refractivity contribution >= 4 is 38.9 Å². The van der Waals surface area contributed by atoms with Crippen LogP contribution in [0.3, 0.4) is 0 Å². The molecular formula is C55H38N2. The van der Waals surface area contributed by atoms with Gasteiger partial charge in [-0.1, -0.05) is 176 Å². The lowest BCUT2D eigenvalue weighted by Crippen LogP contribution is -2.28. The monoisotopic (exact) mass is 726 g/mol. The Kier molecular flexibility index (Phi) is 7.75. The first-order valence-electron chi connectivity index (χ1n) is 19.7. The Labute approximate surface area is 333 Å². The van der Waals surface area contributed by atoms with E-state index in [0.717, 1.165) is 22.7 Å². The molecule has 0 spiro atoms. The molecule has 2 heteroatoms. The minimum absolute atomic E-state index is 0.485. The second-order valence-corrected chi connectivity index (χ2v) is 14.9. The highest BCUT2D eigenvalue weighted by atomic mass is 15.1. The summed E-state index contributed by atoms with van der Waals surface area (Å²) in [5.74, 6) is 0. The van der Waals surface area contributed by atoms with Gasteiger partial charge in [-0.3, -0.25) is 0 Å². The predicted molar refractivity (Wildman–Crippen MR) is 238 cm³/mol. The number of rotatable bonds is 7. The van der Waals surface area contributed by atoms with Crippen LogP contribution in [0.5, 0.6) is 0 Å². The van der Waals surface area contributed by atoms with E-state index in [-0.39, 0.29) is 0 Å². The highest BCUT2D eigenvalue weighted by Gasteiger charge is 2.46. The second kappa shape index (κ2) is 13.4. The molecule has 0 saturated heterocycles. The number of nitrogens with zero attached hydrogens (tertiary/aromatic N) is 2. The van der Waals surface area contributed by atoms with Gasteiger partial charge in [0.2, 0.25) is 0 Å². The van der Waals surface area contributed by atoms with Crippen LogP contribution in [0.1, 0.15) is 22.3 Å². The summed E-state index contributed by atoms with van der Waals surface area (Å²) in [6.45, 7) is 0. The van der Waals surface area contributed by atoms with E-state index in [2.05, 4.69) is 240 Å². The molecule has 9 aromatic carbocycles. The molecule has 1 aliphatic carbocycles. The summed E-state index contributed by atoms with van der Waals surface area (Å²) in [5, 5.41) is 2.44. The smallest absolute Gasteiger partial charge is 0.0713 e. The molecule has 1 atom stereocenters. The van der Waals surface area contributed by atoms with E-state index in [9.17, 15) is 0 Å². The molecule has 268 valence electrons. The van der Waals surface area contributed by atoms with Gasteiger partial charge in [0.25, 0.3) is 0 Å². The Balaban J connectivity index is 1.15. The lowest BCUT2D eigenvalue weighted by Gasteiger charge is -2.34. The minimum Gasteiger partial charge on any atom is -0.310 e. The zero-order valence-corrected chi connectivity index (χ0v) is 31.3.